The molecule has 1 saturated heterocycles. The molecule has 40 heavy (non-hydrogen) atoms. The molecular weight excluding hydrogens is 524 g/mol. The van der Waals surface area contributed by atoms with Crippen LogP contribution in [0, 0.1) is 0 Å². The fraction of sp³-hybridized carbons (Fsp3) is 0.414. The summed E-state index contributed by atoms with van der Waals surface area (Å²) in [6.07, 6.45) is 3.56. The molecule has 210 valence electrons. The van der Waals surface area contributed by atoms with Gasteiger partial charge in [-0.1, -0.05) is 26.8 Å². The van der Waals surface area contributed by atoms with Crippen LogP contribution in [0.5, 0.6) is 0 Å². The SMILES string of the molecule is CCC(CNC(=O)c1cc(-c2cc3nc(-c4cccs4)ccn3n2)nc(N2CCC2C(=O)NC)c1)N(CC)CC. The highest BCUT2D eigenvalue weighted by molar-refractivity contribution is 7.13. The minimum atomic E-state index is -0.313. The van der Waals surface area contributed by atoms with Gasteiger partial charge in [-0.3, -0.25) is 14.5 Å². The largest absolute Gasteiger partial charge is 0.357 e. The van der Waals surface area contributed by atoms with E-state index >= 15 is 0 Å². The molecule has 10 nitrogen and oxygen atoms in total. The smallest absolute Gasteiger partial charge is 0.251 e. The number of anilines is 1. The van der Waals surface area contributed by atoms with E-state index in [0.717, 1.165) is 36.5 Å². The van der Waals surface area contributed by atoms with E-state index in [0.29, 0.717) is 41.5 Å². The number of nitrogens with zero attached hydrogens (tertiary/aromatic N) is 6. The van der Waals surface area contributed by atoms with E-state index in [2.05, 4.69) is 36.3 Å². The van der Waals surface area contributed by atoms with Crippen molar-refractivity contribution >= 4 is 34.6 Å². The average molecular weight is 561 g/mol. The van der Waals surface area contributed by atoms with Crippen LogP contribution in [0.2, 0.25) is 0 Å². The second-order valence-corrected chi connectivity index (χ2v) is 10.8. The van der Waals surface area contributed by atoms with Gasteiger partial charge in [0.25, 0.3) is 5.91 Å². The third-order valence-corrected chi connectivity index (χ3v) is 8.49. The van der Waals surface area contributed by atoms with Crippen molar-refractivity contribution in [3.05, 3.63) is 53.5 Å². The first-order valence-corrected chi connectivity index (χ1v) is 14.8. The van der Waals surface area contributed by atoms with Crippen LogP contribution >= 0.6 is 11.3 Å². The number of fused-ring (bicyclic) bond motifs is 1. The van der Waals surface area contributed by atoms with Crippen molar-refractivity contribution < 1.29 is 9.59 Å². The molecule has 0 spiro atoms. The number of amides is 2. The van der Waals surface area contributed by atoms with Crippen LogP contribution in [0.1, 0.15) is 44.0 Å². The molecule has 2 unspecified atom stereocenters. The first-order valence-electron chi connectivity index (χ1n) is 13.9. The van der Waals surface area contributed by atoms with Crippen LogP contribution < -0.4 is 15.5 Å². The van der Waals surface area contributed by atoms with Crippen molar-refractivity contribution in [2.45, 2.75) is 45.7 Å². The van der Waals surface area contributed by atoms with Gasteiger partial charge in [0.1, 0.15) is 17.6 Å². The Morgan fingerprint density at radius 3 is 2.58 bits per heavy atom. The molecule has 0 aliphatic carbocycles. The molecule has 5 rings (SSSR count). The van der Waals surface area contributed by atoms with Gasteiger partial charge in [0.15, 0.2) is 5.65 Å². The van der Waals surface area contributed by atoms with Crippen molar-refractivity contribution in [2.24, 2.45) is 0 Å². The molecule has 5 heterocycles. The lowest BCUT2D eigenvalue weighted by Crippen LogP contribution is -2.56. The van der Waals surface area contributed by atoms with Gasteiger partial charge in [-0.15, -0.1) is 11.3 Å². The van der Waals surface area contributed by atoms with Gasteiger partial charge in [-0.05, 0) is 55.6 Å². The third kappa shape index (κ3) is 5.57. The van der Waals surface area contributed by atoms with Gasteiger partial charge in [0.2, 0.25) is 5.91 Å². The summed E-state index contributed by atoms with van der Waals surface area (Å²) in [5.41, 5.74) is 3.23. The number of pyridine rings is 1. The lowest BCUT2D eigenvalue weighted by molar-refractivity contribution is -0.123. The standard InChI is InChI=1S/C29H36N8O2S/c1-5-20(35(6-2)7-3)18-31-28(38)19-15-22(33-26(16-19)36-12-11-24(36)29(39)30-4)23-17-27-32-21(10-13-37(27)34-23)25-9-8-14-40-25/h8-10,13-17,20,24H,5-7,11-12,18H2,1-4H3,(H,30,39)(H,31,38). The molecular formula is C29H36N8O2S. The average Bonchev–Trinajstić information content (AvgIpc) is 3.64. The summed E-state index contributed by atoms with van der Waals surface area (Å²) >= 11 is 1.63. The van der Waals surface area contributed by atoms with Crippen molar-refractivity contribution in [2.75, 3.05) is 38.1 Å². The van der Waals surface area contributed by atoms with Crippen molar-refractivity contribution in [1.82, 2.24) is 35.1 Å². The molecule has 11 heteroatoms. The lowest BCUT2D eigenvalue weighted by Gasteiger charge is -2.40. The van der Waals surface area contributed by atoms with Crippen LogP contribution in [-0.2, 0) is 4.79 Å². The molecule has 1 aliphatic rings. The Morgan fingerprint density at radius 1 is 1.10 bits per heavy atom. The number of rotatable bonds is 11. The van der Waals surface area contributed by atoms with E-state index < -0.39 is 0 Å². The van der Waals surface area contributed by atoms with Gasteiger partial charge in [-0.2, -0.15) is 5.10 Å². The van der Waals surface area contributed by atoms with Crippen LogP contribution in [0.3, 0.4) is 0 Å². The molecule has 0 aromatic carbocycles. The van der Waals surface area contributed by atoms with E-state index in [-0.39, 0.29) is 23.9 Å². The summed E-state index contributed by atoms with van der Waals surface area (Å²) < 4.78 is 1.72. The predicted octanol–water partition coefficient (Wildman–Crippen LogP) is 3.69. The van der Waals surface area contributed by atoms with E-state index in [1.807, 2.05) is 40.7 Å². The zero-order valence-electron chi connectivity index (χ0n) is 23.4. The van der Waals surface area contributed by atoms with E-state index in [9.17, 15) is 9.59 Å². The zero-order chi connectivity index (χ0) is 28.2. The Bertz CT molecular complexity index is 1480. The van der Waals surface area contributed by atoms with Gasteiger partial charge in [0, 0.05) is 44.0 Å². The number of carbonyl (C=O) groups is 2. The quantitative estimate of drug-likeness (QED) is 0.288. The Hall–Kier alpha value is -3.83. The number of hydrogen-bond acceptors (Lipinski definition) is 8. The first-order chi connectivity index (χ1) is 19.4. The normalized spacial score (nSPS) is 15.7. The number of likely N-dealkylation sites (N-methyl/N-ethyl adjacent to an activating group) is 2. The highest BCUT2D eigenvalue weighted by atomic mass is 32.1. The van der Waals surface area contributed by atoms with Gasteiger partial charge >= 0.3 is 0 Å². The topological polar surface area (TPSA) is 108 Å². The van der Waals surface area contributed by atoms with Crippen molar-refractivity contribution in [3.63, 3.8) is 0 Å². The molecule has 0 saturated carbocycles. The molecule has 2 amide bonds. The second-order valence-electron chi connectivity index (χ2n) is 9.83. The van der Waals surface area contributed by atoms with Crippen LogP contribution in [0.25, 0.3) is 27.6 Å². The minimum Gasteiger partial charge on any atom is -0.357 e. The fourth-order valence-electron chi connectivity index (χ4n) is 5.18. The lowest BCUT2D eigenvalue weighted by atomic mass is 10.0. The second kappa shape index (κ2) is 12.1. The summed E-state index contributed by atoms with van der Waals surface area (Å²) in [7, 11) is 1.63. The number of thiophene rings is 1. The zero-order valence-corrected chi connectivity index (χ0v) is 24.2. The third-order valence-electron chi connectivity index (χ3n) is 7.60. The van der Waals surface area contributed by atoms with Crippen LogP contribution in [0.15, 0.2) is 48.0 Å². The highest BCUT2D eigenvalue weighted by Crippen LogP contribution is 2.30. The predicted molar refractivity (Wildman–Crippen MR) is 159 cm³/mol. The Kier molecular flexibility index (Phi) is 8.41. The number of aromatic nitrogens is 4. The molecule has 1 fully saturated rings. The van der Waals surface area contributed by atoms with Gasteiger partial charge in [-0.25, -0.2) is 14.5 Å². The van der Waals surface area contributed by atoms with Crippen LogP contribution in [-0.4, -0.2) is 81.6 Å². The molecule has 4 aromatic rings. The number of carbonyl (C=O) groups excluding carboxylic acids is 2. The monoisotopic (exact) mass is 560 g/mol. The van der Waals surface area contributed by atoms with E-state index in [1.54, 1.807) is 35.0 Å². The van der Waals surface area contributed by atoms with Gasteiger partial charge < -0.3 is 15.5 Å². The molecule has 1 aliphatic heterocycles. The summed E-state index contributed by atoms with van der Waals surface area (Å²) in [5, 5.41) is 12.6. The molecule has 0 radical (unpaired) electrons. The maximum absolute atomic E-state index is 13.5. The van der Waals surface area contributed by atoms with Crippen molar-refractivity contribution in [3.8, 4) is 22.0 Å². The maximum Gasteiger partial charge on any atom is 0.251 e. The molecule has 4 aromatic heterocycles. The summed E-state index contributed by atoms with van der Waals surface area (Å²) in [6, 6.07) is 11.3. The molecule has 2 atom stereocenters. The number of nitrogens with one attached hydrogen (secondary N) is 2. The minimum absolute atomic E-state index is 0.0625. The van der Waals surface area contributed by atoms with E-state index in [1.165, 1.54) is 0 Å². The highest BCUT2D eigenvalue weighted by Gasteiger charge is 2.35. The summed E-state index contributed by atoms with van der Waals surface area (Å²) in [6.45, 7) is 9.52. The first kappa shape index (κ1) is 27.7. The molecule has 0 bridgehead atoms. The fourth-order valence-corrected chi connectivity index (χ4v) is 5.87. The van der Waals surface area contributed by atoms with Gasteiger partial charge in [0.05, 0.1) is 16.3 Å². The Morgan fingerprint density at radius 2 is 1.93 bits per heavy atom. The Balaban J connectivity index is 1.48. The number of hydrogen-bond donors (Lipinski definition) is 2. The van der Waals surface area contributed by atoms with Crippen LogP contribution in [0.4, 0.5) is 5.82 Å². The molecule has 2 N–H and O–H groups in total. The van der Waals surface area contributed by atoms with E-state index in [4.69, 9.17) is 15.1 Å². The van der Waals surface area contributed by atoms with Crippen molar-refractivity contribution in [1.29, 1.82) is 0 Å². The summed E-state index contributed by atoms with van der Waals surface area (Å²) in [4.78, 5) is 40.9. The Labute approximate surface area is 238 Å². The summed E-state index contributed by atoms with van der Waals surface area (Å²) in [5.74, 6) is 0.351. The maximum atomic E-state index is 13.5.